The van der Waals surface area contributed by atoms with Gasteiger partial charge in [0.05, 0.1) is 5.39 Å². The maximum absolute atomic E-state index is 9.75. The SMILES string of the molecule is CCCCCCCCCCc1cccc(Br)c1.F[B-](F)(F)F.N#[NH+]. The van der Waals surface area contributed by atoms with E-state index >= 15 is 0 Å². The first-order chi connectivity index (χ1) is 11.3. The Hall–Kier alpha value is -1.10. The Balaban J connectivity index is 0. The molecule has 1 N–H and O–H groups in total. The lowest BCUT2D eigenvalue weighted by Crippen LogP contribution is -2.11. The van der Waals surface area contributed by atoms with E-state index in [2.05, 4.69) is 47.1 Å². The molecule has 0 aliphatic carbocycles. The maximum Gasteiger partial charge on any atom is 0.673 e. The molecule has 0 aliphatic rings. The molecule has 0 amide bonds. The summed E-state index contributed by atoms with van der Waals surface area (Å²) in [5, 5.41) is 11.0. The largest absolute Gasteiger partial charge is 0.673 e. The molecule has 1 aromatic carbocycles. The van der Waals surface area contributed by atoms with Gasteiger partial charge in [-0.25, -0.2) is 0 Å². The van der Waals surface area contributed by atoms with Crippen LogP contribution in [0.25, 0.3) is 0 Å². The number of rotatable bonds is 9. The minimum atomic E-state index is -6.00. The molecule has 1 aromatic rings. The number of benzene rings is 1. The third kappa shape index (κ3) is 23.2. The quantitative estimate of drug-likeness (QED) is 0.240. The van der Waals surface area contributed by atoms with Crippen LogP contribution in [0.5, 0.6) is 0 Å². The average Bonchev–Trinajstić information content (AvgIpc) is 2.50. The highest BCUT2D eigenvalue weighted by molar-refractivity contribution is 9.10. The molecule has 0 saturated carbocycles. The van der Waals surface area contributed by atoms with Crippen LogP contribution in [0.2, 0.25) is 0 Å². The van der Waals surface area contributed by atoms with E-state index in [0.717, 1.165) is 0 Å². The summed E-state index contributed by atoms with van der Waals surface area (Å²) in [4.78, 5) is 0. The molecule has 24 heavy (non-hydrogen) atoms. The molecule has 0 fully saturated rings. The van der Waals surface area contributed by atoms with E-state index < -0.39 is 7.25 Å². The first-order valence-electron chi connectivity index (χ1n) is 8.17. The second-order valence-corrected chi connectivity index (χ2v) is 6.27. The second-order valence-electron chi connectivity index (χ2n) is 5.35. The van der Waals surface area contributed by atoms with Crippen LogP contribution in [0.3, 0.4) is 0 Å². The Morgan fingerprint density at radius 3 is 1.83 bits per heavy atom. The minimum Gasteiger partial charge on any atom is -0.418 e. The number of diazo groups is 1. The molecule has 8 heteroatoms. The fraction of sp³-hybridized carbons (Fsp3) is 0.625. The Morgan fingerprint density at radius 1 is 0.917 bits per heavy atom. The highest BCUT2D eigenvalue weighted by Crippen LogP contribution is 2.15. The predicted octanol–water partition coefficient (Wildman–Crippen LogP) is 5.71. The molecule has 0 spiro atoms. The number of halogens is 5. The van der Waals surface area contributed by atoms with Crippen LogP contribution in [0, 0.1) is 5.39 Å². The van der Waals surface area contributed by atoms with Gasteiger partial charge >= 0.3 is 7.25 Å². The zero-order valence-electron chi connectivity index (χ0n) is 14.1. The molecular formula is C16H26BBrF4N2. The summed E-state index contributed by atoms with van der Waals surface area (Å²) in [6, 6.07) is 8.69. The van der Waals surface area contributed by atoms with Gasteiger partial charge in [0.25, 0.3) is 0 Å². The summed E-state index contributed by atoms with van der Waals surface area (Å²) < 4.78 is 40.2. The first-order valence-corrected chi connectivity index (χ1v) is 8.96. The van der Waals surface area contributed by atoms with E-state index in [1.165, 1.54) is 67.8 Å². The van der Waals surface area contributed by atoms with E-state index in [9.17, 15) is 17.3 Å². The fourth-order valence-electron chi connectivity index (χ4n) is 2.16. The lowest BCUT2D eigenvalue weighted by Gasteiger charge is -2.03. The summed E-state index contributed by atoms with van der Waals surface area (Å²) >= 11 is 3.52. The van der Waals surface area contributed by atoms with Crippen LogP contribution < -0.4 is 5.39 Å². The van der Waals surface area contributed by atoms with Gasteiger partial charge in [-0.15, -0.1) is 0 Å². The van der Waals surface area contributed by atoms with Gasteiger partial charge in [-0.3, -0.25) is 0 Å². The summed E-state index contributed by atoms with van der Waals surface area (Å²) in [7, 11) is -6.00. The van der Waals surface area contributed by atoms with Crippen LogP contribution in [-0.4, -0.2) is 7.25 Å². The third-order valence-corrected chi connectivity index (χ3v) is 3.70. The molecule has 0 heterocycles. The molecular weight excluding hydrogens is 387 g/mol. The molecule has 2 nitrogen and oxygen atoms in total. The molecule has 1 rings (SSSR count). The number of hydrogen-bond acceptors (Lipinski definition) is 1. The van der Waals surface area contributed by atoms with Crippen molar-refractivity contribution >= 4 is 23.2 Å². The van der Waals surface area contributed by atoms with Crippen molar-refractivity contribution < 1.29 is 22.7 Å². The zero-order chi connectivity index (χ0) is 18.8. The standard InChI is InChI=1S/C16H25Br.BF4.N2/c1-2-3-4-5-6-7-8-9-11-15-12-10-13-16(17)14-15;2-1(3,4)5;1-2/h10,12-14H,2-9,11H2,1H3;;/q;-1;/p+1. The first kappa shape index (κ1) is 25.1. The van der Waals surface area contributed by atoms with Crippen molar-refractivity contribution in [3.8, 4) is 0 Å². The van der Waals surface area contributed by atoms with Crippen LogP contribution in [0.15, 0.2) is 28.7 Å². The molecule has 0 aliphatic heterocycles. The van der Waals surface area contributed by atoms with E-state index in [1.807, 2.05) is 0 Å². The molecule has 0 unspecified atom stereocenters. The van der Waals surface area contributed by atoms with Crippen LogP contribution in [-0.2, 0) is 6.42 Å². The Bertz CT molecular complexity index is 422. The minimum absolute atomic E-state index is 1.20. The highest BCUT2D eigenvalue weighted by Gasteiger charge is 2.20. The van der Waals surface area contributed by atoms with Crippen LogP contribution in [0.4, 0.5) is 17.3 Å². The third-order valence-electron chi connectivity index (χ3n) is 3.21. The lowest BCUT2D eigenvalue weighted by molar-refractivity contribution is -0.175. The summed E-state index contributed by atoms with van der Waals surface area (Å²) in [5.74, 6) is 0. The number of aryl methyl sites for hydroxylation is 1. The normalized spacial score (nSPS) is 10.2. The van der Waals surface area contributed by atoms with Gasteiger partial charge in [0.2, 0.25) is 5.39 Å². The van der Waals surface area contributed by atoms with Gasteiger partial charge in [0.1, 0.15) is 0 Å². The summed E-state index contributed by atoms with van der Waals surface area (Å²) in [6.45, 7) is 2.28. The van der Waals surface area contributed by atoms with Crippen molar-refractivity contribution in [3.63, 3.8) is 0 Å². The Morgan fingerprint density at radius 2 is 1.38 bits per heavy atom. The van der Waals surface area contributed by atoms with Crippen molar-refractivity contribution in [3.05, 3.63) is 34.3 Å². The Labute approximate surface area is 150 Å². The number of nitrogens with zero attached hydrogens (tertiary/aromatic N) is 1. The van der Waals surface area contributed by atoms with Crippen molar-refractivity contribution in [2.24, 2.45) is 0 Å². The van der Waals surface area contributed by atoms with Gasteiger partial charge in [0.15, 0.2) is 0 Å². The van der Waals surface area contributed by atoms with E-state index in [1.54, 1.807) is 0 Å². The average molecular weight is 413 g/mol. The van der Waals surface area contributed by atoms with Crippen molar-refractivity contribution in [2.75, 3.05) is 0 Å². The zero-order valence-corrected chi connectivity index (χ0v) is 15.7. The van der Waals surface area contributed by atoms with Crippen molar-refractivity contribution in [1.82, 2.24) is 0 Å². The topological polar surface area (TPSA) is 47.6 Å². The second kappa shape index (κ2) is 16.8. The highest BCUT2D eigenvalue weighted by atomic mass is 79.9. The molecule has 0 aromatic heterocycles. The van der Waals surface area contributed by atoms with E-state index in [0.29, 0.717) is 0 Å². The molecule has 0 radical (unpaired) electrons. The van der Waals surface area contributed by atoms with Gasteiger partial charge in [-0.05, 0) is 30.5 Å². The fourth-order valence-corrected chi connectivity index (χ4v) is 2.60. The van der Waals surface area contributed by atoms with Crippen molar-refractivity contribution in [2.45, 2.75) is 64.7 Å². The van der Waals surface area contributed by atoms with E-state index in [-0.39, 0.29) is 0 Å². The predicted molar refractivity (Wildman–Crippen MR) is 93.3 cm³/mol. The number of nitrogens with one attached hydrogen (secondary N) is 1. The molecule has 0 saturated heterocycles. The monoisotopic (exact) mass is 412 g/mol. The number of unbranched alkanes of at least 4 members (excludes halogenated alkanes) is 7. The number of hydrogen-bond donors (Lipinski definition) is 1. The molecule has 0 atom stereocenters. The molecule has 138 valence electrons. The van der Waals surface area contributed by atoms with Crippen LogP contribution >= 0.6 is 15.9 Å². The van der Waals surface area contributed by atoms with Gasteiger partial charge < -0.3 is 17.3 Å². The Kier molecular flexibility index (Phi) is 17.6. The smallest absolute Gasteiger partial charge is 0.418 e. The summed E-state index contributed by atoms with van der Waals surface area (Å²) in [6.07, 6.45) is 12.4. The lowest BCUT2D eigenvalue weighted by atomic mass is 10.0. The van der Waals surface area contributed by atoms with Gasteiger partial charge in [0, 0.05) is 4.47 Å². The van der Waals surface area contributed by atoms with Crippen LogP contribution in [0.1, 0.15) is 63.9 Å². The van der Waals surface area contributed by atoms with Crippen molar-refractivity contribution in [1.29, 1.82) is 5.39 Å². The molecule has 0 bridgehead atoms. The van der Waals surface area contributed by atoms with Gasteiger partial charge in [-0.1, -0.05) is 79.9 Å². The maximum atomic E-state index is 9.75. The summed E-state index contributed by atoms with van der Waals surface area (Å²) in [5.41, 5.74) is 1.46. The van der Waals surface area contributed by atoms with Gasteiger partial charge in [-0.2, -0.15) is 0 Å². The van der Waals surface area contributed by atoms with E-state index in [4.69, 9.17) is 10.8 Å².